The number of rotatable bonds is 7. The van der Waals surface area contributed by atoms with Crippen molar-refractivity contribution in [3.8, 4) is 11.5 Å². The van der Waals surface area contributed by atoms with Crippen molar-refractivity contribution in [3.63, 3.8) is 0 Å². The second-order valence-electron chi connectivity index (χ2n) is 7.68. The second-order valence-corrected chi connectivity index (χ2v) is 7.68. The lowest BCUT2D eigenvalue weighted by atomic mass is 10.0. The summed E-state index contributed by atoms with van der Waals surface area (Å²) in [6.45, 7) is 5.98. The molecule has 154 valence electrons. The molecule has 4 rings (SSSR count). The number of piperazine rings is 1. The van der Waals surface area contributed by atoms with Gasteiger partial charge in [0, 0.05) is 31.9 Å². The Labute approximate surface area is 173 Å². The third-order valence-electron chi connectivity index (χ3n) is 5.67. The third kappa shape index (κ3) is 5.31. The summed E-state index contributed by atoms with van der Waals surface area (Å²) in [5, 5.41) is 10.6. The van der Waals surface area contributed by atoms with E-state index in [1.54, 1.807) is 6.26 Å². The molecule has 1 saturated heterocycles. The molecular formula is C24H30N2O3. The Bertz CT molecular complexity index is 801. The van der Waals surface area contributed by atoms with Crippen LogP contribution >= 0.6 is 0 Å². The molecule has 0 aliphatic carbocycles. The Balaban J connectivity index is 1.17. The first-order chi connectivity index (χ1) is 14.3. The largest absolute Gasteiger partial charge is 0.485 e. The number of fused-ring (bicyclic) bond motifs is 1. The van der Waals surface area contributed by atoms with Gasteiger partial charge in [0.25, 0.3) is 0 Å². The molecule has 0 spiro atoms. The van der Waals surface area contributed by atoms with Gasteiger partial charge in [0.1, 0.15) is 6.61 Å². The molecule has 2 aliphatic heterocycles. The van der Waals surface area contributed by atoms with E-state index in [9.17, 15) is 5.11 Å². The molecule has 5 heteroatoms. The van der Waals surface area contributed by atoms with E-state index >= 15 is 0 Å². The summed E-state index contributed by atoms with van der Waals surface area (Å²) in [4.78, 5) is 4.99. The molecule has 5 nitrogen and oxygen atoms in total. The van der Waals surface area contributed by atoms with Crippen molar-refractivity contribution < 1.29 is 14.6 Å². The Morgan fingerprint density at radius 1 is 0.931 bits per heavy atom. The fourth-order valence-corrected chi connectivity index (χ4v) is 3.95. The van der Waals surface area contributed by atoms with Crippen molar-refractivity contribution in [2.24, 2.45) is 0 Å². The number of para-hydroxylation sites is 1. The van der Waals surface area contributed by atoms with Crippen LogP contribution in [0, 0.1) is 0 Å². The first-order valence-electron chi connectivity index (χ1n) is 10.6. The summed E-state index contributed by atoms with van der Waals surface area (Å²) in [5.74, 6) is 1.40. The van der Waals surface area contributed by atoms with E-state index in [0.717, 1.165) is 63.3 Å². The molecule has 0 bridgehead atoms. The molecular weight excluding hydrogens is 364 g/mol. The zero-order chi connectivity index (χ0) is 19.9. The number of unbranched alkanes of at least 4 members (excludes halogenated alkanes) is 1. The maximum atomic E-state index is 10.6. The van der Waals surface area contributed by atoms with E-state index < -0.39 is 6.10 Å². The van der Waals surface area contributed by atoms with Crippen LogP contribution in [-0.4, -0.2) is 49.3 Å². The van der Waals surface area contributed by atoms with Gasteiger partial charge in [-0.1, -0.05) is 24.3 Å². The van der Waals surface area contributed by atoms with E-state index in [4.69, 9.17) is 9.47 Å². The van der Waals surface area contributed by atoms with Crippen molar-refractivity contribution in [3.05, 3.63) is 66.4 Å². The maximum absolute atomic E-state index is 10.6. The SMILES string of the molecule is OC(CCCCN1CCN(c2ccccc2)CC1)c1ccc2c(c1)OC=CCO2. The van der Waals surface area contributed by atoms with Gasteiger partial charge in [-0.25, -0.2) is 0 Å². The molecule has 0 saturated carbocycles. The van der Waals surface area contributed by atoms with Gasteiger partial charge in [-0.3, -0.25) is 4.90 Å². The average molecular weight is 395 g/mol. The van der Waals surface area contributed by atoms with E-state index in [2.05, 4.69) is 40.1 Å². The first kappa shape index (κ1) is 19.8. The highest BCUT2D eigenvalue weighted by molar-refractivity contribution is 5.46. The van der Waals surface area contributed by atoms with Gasteiger partial charge in [0.15, 0.2) is 11.5 Å². The maximum Gasteiger partial charge on any atom is 0.168 e. The molecule has 2 aromatic rings. The van der Waals surface area contributed by atoms with Gasteiger partial charge in [0.2, 0.25) is 0 Å². The summed E-state index contributed by atoms with van der Waals surface area (Å²) in [6, 6.07) is 16.4. The number of anilines is 1. The highest BCUT2D eigenvalue weighted by Crippen LogP contribution is 2.33. The van der Waals surface area contributed by atoms with Crippen LogP contribution in [0.2, 0.25) is 0 Å². The number of ether oxygens (including phenoxy) is 2. The van der Waals surface area contributed by atoms with E-state index in [-0.39, 0.29) is 0 Å². The lowest BCUT2D eigenvalue weighted by Gasteiger charge is -2.36. The van der Waals surface area contributed by atoms with Crippen molar-refractivity contribution in [1.82, 2.24) is 4.90 Å². The van der Waals surface area contributed by atoms with Crippen LogP contribution in [0.1, 0.15) is 30.9 Å². The van der Waals surface area contributed by atoms with Crippen molar-refractivity contribution in [2.45, 2.75) is 25.4 Å². The predicted molar refractivity (Wildman–Crippen MR) is 116 cm³/mol. The second kappa shape index (κ2) is 9.81. The number of nitrogens with zero attached hydrogens (tertiary/aromatic N) is 2. The van der Waals surface area contributed by atoms with Crippen molar-refractivity contribution in [2.75, 3.05) is 44.2 Å². The third-order valence-corrected chi connectivity index (χ3v) is 5.67. The van der Waals surface area contributed by atoms with Gasteiger partial charge in [-0.15, -0.1) is 0 Å². The number of hydrogen-bond acceptors (Lipinski definition) is 5. The minimum atomic E-state index is -0.467. The smallest absolute Gasteiger partial charge is 0.168 e. The standard InChI is InChI=1S/C24H30N2O3/c27-22(20-10-11-23-24(19-20)29-18-6-17-28-23)9-4-5-12-25-13-15-26(16-14-25)21-7-2-1-3-8-21/h1-3,6-8,10-11,18-19,22,27H,4-5,9,12-17H2. The lowest BCUT2D eigenvalue weighted by Crippen LogP contribution is -2.46. The van der Waals surface area contributed by atoms with Crippen LogP contribution in [0.25, 0.3) is 0 Å². The lowest BCUT2D eigenvalue weighted by molar-refractivity contribution is 0.159. The monoisotopic (exact) mass is 394 g/mol. The summed E-state index contributed by atoms with van der Waals surface area (Å²) >= 11 is 0. The van der Waals surface area contributed by atoms with E-state index in [1.165, 1.54) is 5.69 Å². The Morgan fingerprint density at radius 2 is 1.76 bits per heavy atom. The van der Waals surface area contributed by atoms with Crippen LogP contribution in [0.3, 0.4) is 0 Å². The molecule has 1 unspecified atom stereocenters. The van der Waals surface area contributed by atoms with Crippen LogP contribution in [-0.2, 0) is 0 Å². The minimum Gasteiger partial charge on any atom is -0.485 e. The van der Waals surface area contributed by atoms with E-state index in [1.807, 2.05) is 24.3 Å². The Kier molecular flexibility index (Phi) is 6.70. The van der Waals surface area contributed by atoms with Gasteiger partial charge in [-0.2, -0.15) is 0 Å². The molecule has 0 amide bonds. The summed E-state index contributed by atoms with van der Waals surface area (Å²) < 4.78 is 11.1. The van der Waals surface area contributed by atoms with E-state index in [0.29, 0.717) is 12.4 Å². The molecule has 2 heterocycles. The summed E-state index contributed by atoms with van der Waals surface area (Å²) in [6.07, 6.45) is 5.88. The quantitative estimate of drug-likeness (QED) is 0.720. The molecule has 0 radical (unpaired) electrons. The van der Waals surface area contributed by atoms with Crippen LogP contribution in [0.5, 0.6) is 11.5 Å². The molecule has 2 aromatic carbocycles. The number of aliphatic hydroxyl groups excluding tert-OH is 1. The zero-order valence-electron chi connectivity index (χ0n) is 16.9. The van der Waals surface area contributed by atoms with Gasteiger partial charge in [-0.05, 0) is 61.7 Å². The summed E-state index contributed by atoms with van der Waals surface area (Å²) in [7, 11) is 0. The van der Waals surface area contributed by atoms with Gasteiger partial charge >= 0.3 is 0 Å². The van der Waals surface area contributed by atoms with Crippen molar-refractivity contribution in [1.29, 1.82) is 0 Å². The highest BCUT2D eigenvalue weighted by atomic mass is 16.5. The topological polar surface area (TPSA) is 45.2 Å². The number of aliphatic hydroxyl groups is 1. The average Bonchev–Trinajstić information content (AvgIpc) is 3.02. The normalized spacial score (nSPS) is 17.8. The number of hydrogen-bond donors (Lipinski definition) is 1. The van der Waals surface area contributed by atoms with Crippen LogP contribution < -0.4 is 14.4 Å². The predicted octanol–water partition coefficient (Wildman–Crippen LogP) is 4.00. The highest BCUT2D eigenvalue weighted by Gasteiger charge is 2.17. The summed E-state index contributed by atoms with van der Waals surface area (Å²) in [5.41, 5.74) is 2.21. The molecule has 1 atom stereocenters. The zero-order valence-corrected chi connectivity index (χ0v) is 16.9. The first-order valence-corrected chi connectivity index (χ1v) is 10.6. The fraction of sp³-hybridized carbons (Fsp3) is 0.417. The molecule has 1 N–H and O–H groups in total. The Hall–Kier alpha value is -2.50. The molecule has 1 fully saturated rings. The number of benzene rings is 2. The van der Waals surface area contributed by atoms with Gasteiger partial charge in [0.05, 0.1) is 12.4 Å². The van der Waals surface area contributed by atoms with Gasteiger partial charge < -0.3 is 19.5 Å². The fourth-order valence-electron chi connectivity index (χ4n) is 3.95. The Morgan fingerprint density at radius 3 is 2.59 bits per heavy atom. The van der Waals surface area contributed by atoms with Crippen LogP contribution in [0.4, 0.5) is 5.69 Å². The molecule has 29 heavy (non-hydrogen) atoms. The van der Waals surface area contributed by atoms with Crippen LogP contribution in [0.15, 0.2) is 60.9 Å². The minimum absolute atomic E-state index is 0.467. The molecule has 2 aliphatic rings. The molecule has 0 aromatic heterocycles. The van der Waals surface area contributed by atoms with Crippen molar-refractivity contribution >= 4 is 5.69 Å².